The van der Waals surface area contributed by atoms with Crippen LogP contribution in [0.15, 0.2) is 47.2 Å². The SMILES string of the molecule is Cc1ccc(NC(=O)CCc2nc(-c3ccncc3)no2)cc1[N+](=O)[O-]. The molecule has 0 radical (unpaired) electrons. The molecule has 0 aliphatic rings. The number of rotatable bonds is 6. The number of nitrogens with zero attached hydrogens (tertiary/aromatic N) is 4. The molecule has 1 N–H and O–H groups in total. The molecule has 26 heavy (non-hydrogen) atoms. The van der Waals surface area contributed by atoms with E-state index in [2.05, 4.69) is 20.4 Å². The molecule has 0 fully saturated rings. The van der Waals surface area contributed by atoms with E-state index >= 15 is 0 Å². The summed E-state index contributed by atoms with van der Waals surface area (Å²) < 4.78 is 5.14. The molecule has 1 aromatic carbocycles. The van der Waals surface area contributed by atoms with Gasteiger partial charge in [0.25, 0.3) is 5.69 Å². The van der Waals surface area contributed by atoms with Crippen molar-refractivity contribution in [1.29, 1.82) is 0 Å². The standard InChI is InChI=1S/C17H15N5O4/c1-11-2-3-13(10-14(11)22(24)25)19-15(23)4-5-16-20-17(21-26-16)12-6-8-18-9-7-12/h2-3,6-10H,4-5H2,1H3,(H,19,23). The molecule has 9 nitrogen and oxygen atoms in total. The second kappa shape index (κ2) is 7.51. The minimum Gasteiger partial charge on any atom is -0.339 e. The largest absolute Gasteiger partial charge is 0.339 e. The Morgan fingerprint density at radius 3 is 2.77 bits per heavy atom. The normalized spacial score (nSPS) is 10.5. The highest BCUT2D eigenvalue weighted by Gasteiger charge is 2.14. The van der Waals surface area contributed by atoms with Crippen molar-refractivity contribution in [3.63, 3.8) is 0 Å². The van der Waals surface area contributed by atoms with Gasteiger partial charge in [0.15, 0.2) is 0 Å². The number of hydrogen-bond acceptors (Lipinski definition) is 7. The number of carbonyl (C=O) groups excluding carboxylic acids is 1. The maximum atomic E-state index is 12.0. The Balaban J connectivity index is 1.59. The monoisotopic (exact) mass is 353 g/mol. The van der Waals surface area contributed by atoms with Crippen LogP contribution in [0.5, 0.6) is 0 Å². The number of hydrogen-bond donors (Lipinski definition) is 1. The van der Waals surface area contributed by atoms with Gasteiger partial charge in [0.05, 0.1) is 4.92 Å². The number of nitro groups is 1. The summed E-state index contributed by atoms with van der Waals surface area (Å²) in [6.07, 6.45) is 3.62. The Hall–Kier alpha value is -3.62. The Morgan fingerprint density at radius 1 is 1.27 bits per heavy atom. The minimum absolute atomic E-state index is 0.0401. The molecule has 0 bridgehead atoms. The molecule has 0 saturated heterocycles. The van der Waals surface area contributed by atoms with Crippen LogP contribution in [-0.2, 0) is 11.2 Å². The highest BCUT2D eigenvalue weighted by Crippen LogP contribution is 2.22. The number of benzene rings is 1. The zero-order chi connectivity index (χ0) is 18.5. The van der Waals surface area contributed by atoms with Crippen LogP contribution in [0.25, 0.3) is 11.4 Å². The first-order valence-electron chi connectivity index (χ1n) is 7.81. The third-order valence-electron chi connectivity index (χ3n) is 3.66. The Labute approximate surface area is 148 Å². The quantitative estimate of drug-likeness (QED) is 0.533. The van der Waals surface area contributed by atoms with Crippen molar-refractivity contribution in [2.75, 3.05) is 5.32 Å². The maximum absolute atomic E-state index is 12.0. The summed E-state index contributed by atoms with van der Waals surface area (Å²) in [6, 6.07) is 8.06. The van der Waals surface area contributed by atoms with Crippen molar-refractivity contribution in [3.05, 3.63) is 64.3 Å². The molecule has 0 atom stereocenters. The second-order valence-electron chi connectivity index (χ2n) is 5.55. The second-order valence-corrected chi connectivity index (χ2v) is 5.55. The van der Waals surface area contributed by atoms with E-state index in [4.69, 9.17) is 4.52 Å². The number of carbonyl (C=O) groups is 1. The lowest BCUT2D eigenvalue weighted by Crippen LogP contribution is -2.12. The fourth-order valence-corrected chi connectivity index (χ4v) is 2.30. The smallest absolute Gasteiger partial charge is 0.274 e. The van der Waals surface area contributed by atoms with Crippen LogP contribution in [0.2, 0.25) is 0 Å². The highest BCUT2D eigenvalue weighted by molar-refractivity contribution is 5.91. The molecule has 9 heteroatoms. The minimum atomic E-state index is -0.482. The summed E-state index contributed by atoms with van der Waals surface area (Å²) in [7, 11) is 0. The molecule has 132 valence electrons. The van der Waals surface area contributed by atoms with Crippen LogP contribution < -0.4 is 5.32 Å². The average molecular weight is 353 g/mol. The maximum Gasteiger partial charge on any atom is 0.274 e. The molecule has 0 spiro atoms. The van der Waals surface area contributed by atoms with Gasteiger partial charge in [-0.25, -0.2) is 0 Å². The molecule has 0 aliphatic heterocycles. The molecular formula is C17H15N5O4. The Bertz CT molecular complexity index is 939. The van der Waals surface area contributed by atoms with Gasteiger partial charge in [-0.3, -0.25) is 19.9 Å². The van der Waals surface area contributed by atoms with Crippen molar-refractivity contribution < 1.29 is 14.2 Å². The lowest BCUT2D eigenvalue weighted by Gasteiger charge is -2.05. The summed E-state index contributed by atoms with van der Waals surface area (Å²) in [6.45, 7) is 1.64. The predicted octanol–water partition coefficient (Wildman–Crippen LogP) is 2.92. The first-order chi connectivity index (χ1) is 12.5. The molecule has 2 aromatic heterocycles. The number of aromatic nitrogens is 3. The van der Waals surface area contributed by atoms with E-state index in [1.165, 1.54) is 6.07 Å². The first-order valence-corrected chi connectivity index (χ1v) is 7.81. The summed E-state index contributed by atoms with van der Waals surface area (Å²) in [5.74, 6) is 0.464. The van der Waals surface area contributed by atoms with Gasteiger partial charge < -0.3 is 9.84 Å². The molecule has 0 saturated carbocycles. The van der Waals surface area contributed by atoms with Crippen molar-refractivity contribution >= 4 is 17.3 Å². The summed E-state index contributed by atoms with van der Waals surface area (Å²) >= 11 is 0. The molecule has 3 aromatic rings. The number of aryl methyl sites for hydroxylation is 2. The highest BCUT2D eigenvalue weighted by atomic mass is 16.6. The summed E-state index contributed by atoms with van der Waals surface area (Å²) in [5.41, 5.74) is 1.63. The van der Waals surface area contributed by atoms with Crippen molar-refractivity contribution in [1.82, 2.24) is 15.1 Å². The lowest BCUT2D eigenvalue weighted by atomic mass is 10.2. The van der Waals surface area contributed by atoms with Crippen molar-refractivity contribution in [3.8, 4) is 11.4 Å². The van der Waals surface area contributed by atoms with Gasteiger partial charge in [-0.2, -0.15) is 4.98 Å². The zero-order valence-electron chi connectivity index (χ0n) is 13.9. The van der Waals surface area contributed by atoms with E-state index in [1.807, 2.05) is 0 Å². The van der Waals surface area contributed by atoms with Crippen LogP contribution in [0.4, 0.5) is 11.4 Å². The van der Waals surface area contributed by atoms with E-state index in [0.717, 1.165) is 5.56 Å². The van der Waals surface area contributed by atoms with Gasteiger partial charge in [-0.15, -0.1) is 0 Å². The van der Waals surface area contributed by atoms with Crippen LogP contribution in [-0.4, -0.2) is 26.0 Å². The van der Waals surface area contributed by atoms with Gasteiger partial charge in [0.1, 0.15) is 0 Å². The lowest BCUT2D eigenvalue weighted by molar-refractivity contribution is -0.385. The molecule has 1 amide bonds. The molecule has 3 rings (SSSR count). The number of nitrogens with one attached hydrogen (secondary N) is 1. The molecule has 2 heterocycles. The van der Waals surface area contributed by atoms with Crippen molar-refractivity contribution in [2.45, 2.75) is 19.8 Å². The van der Waals surface area contributed by atoms with Crippen molar-refractivity contribution in [2.24, 2.45) is 0 Å². The zero-order valence-corrected chi connectivity index (χ0v) is 13.9. The first kappa shape index (κ1) is 17.2. The van der Waals surface area contributed by atoms with E-state index in [-0.39, 0.29) is 24.4 Å². The molecular weight excluding hydrogens is 338 g/mol. The third-order valence-corrected chi connectivity index (χ3v) is 3.66. The fraction of sp³-hybridized carbons (Fsp3) is 0.176. The summed E-state index contributed by atoms with van der Waals surface area (Å²) in [4.78, 5) is 30.7. The van der Waals surface area contributed by atoms with Gasteiger partial charge in [-0.05, 0) is 25.1 Å². The Kier molecular flexibility index (Phi) is 4.97. The van der Waals surface area contributed by atoms with Crippen LogP contribution in [0.3, 0.4) is 0 Å². The number of amides is 1. The van der Waals surface area contributed by atoms with E-state index in [0.29, 0.717) is 23.0 Å². The third kappa shape index (κ3) is 4.07. The number of anilines is 1. The topological polar surface area (TPSA) is 124 Å². The van der Waals surface area contributed by atoms with Gasteiger partial charge in [0.2, 0.25) is 17.6 Å². The summed E-state index contributed by atoms with van der Waals surface area (Å²) in [5, 5.41) is 17.5. The van der Waals surface area contributed by atoms with E-state index < -0.39 is 4.92 Å². The fourth-order valence-electron chi connectivity index (χ4n) is 2.30. The Morgan fingerprint density at radius 2 is 2.04 bits per heavy atom. The van der Waals surface area contributed by atoms with Crippen LogP contribution >= 0.6 is 0 Å². The van der Waals surface area contributed by atoms with Gasteiger partial charge in [0, 0.05) is 48.1 Å². The van der Waals surface area contributed by atoms with Crippen LogP contribution in [0.1, 0.15) is 17.9 Å². The van der Waals surface area contributed by atoms with E-state index in [1.54, 1.807) is 43.6 Å². The molecule has 0 aliphatic carbocycles. The van der Waals surface area contributed by atoms with E-state index in [9.17, 15) is 14.9 Å². The van der Waals surface area contributed by atoms with Crippen LogP contribution in [0, 0.1) is 17.0 Å². The predicted molar refractivity (Wildman–Crippen MR) is 92.3 cm³/mol. The number of pyridine rings is 1. The molecule has 0 unspecified atom stereocenters. The van der Waals surface area contributed by atoms with Gasteiger partial charge >= 0.3 is 0 Å². The average Bonchev–Trinajstić information content (AvgIpc) is 3.11. The number of nitro benzene ring substituents is 1. The van der Waals surface area contributed by atoms with Gasteiger partial charge in [-0.1, -0.05) is 11.2 Å².